The molecule has 0 aliphatic rings. The van der Waals surface area contributed by atoms with Gasteiger partial charge in [-0.15, -0.1) is 0 Å². The van der Waals surface area contributed by atoms with Crippen molar-refractivity contribution in [3.8, 4) is 5.75 Å². The van der Waals surface area contributed by atoms with E-state index in [1.165, 1.54) is 12.3 Å². The van der Waals surface area contributed by atoms with Gasteiger partial charge in [0.15, 0.2) is 0 Å². The highest BCUT2D eigenvalue weighted by atomic mass is 16.5. The molecule has 2 amide bonds. The van der Waals surface area contributed by atoms with Crippen LogP contribution in [0.2, 0.25) is 0 Å². The second kappa shape index (κ2) is 7.54. The van der Waals surface area contributed by atoms with Gasteiger partial charge in [-0.25, -0.2) is 14.6 Å². The van der Waals surface area contributed by atoms with Gasteiger partial charge in [-0.1, -0.05) is 30.3 Å². The Balaban J connectivity index is 1.94. The number of primary amides is 1. The maximum Gasteiger partial charge on any atom is 0.338 e. The van der Waals surface area contributed by atoms with E-state index in [1.54, 1.807) is 30.3 Å². The van der Waals surface area contributed by atoms with E-state index in [2.05, 4.69) is 4.99 Å². The van der Waals surface area contributed by atoms with Gasteiger partial charge in [0.2, 0.25) is 0 Å². The second-order valence-corrected chi connectivity index (χ2v) is 4.33. The summed E-state index contributed by atoms with van der Waals surface area (Å²) in [7, 11) is 0. The Morgan fingerprint density at radius 2 is 1.64 bits per heavy atom. The lowest BCUT2D eigenvalue weighted by Crippen LogP contribution is -2.04. The van der Waals surface area contributed by atoms with Gasteiger partial charge in [0.1, 0.15) is 5.75 Å². The highest BCUT2D eigenvalue weighted by molar-refractivity contribution is 5.91. The standard InChI is InChI=1S/C17H14N2O3/c18-17(21)19-12-14-6-9-15(10-7-14)22-16(20)11-8-13-4-2-1-3-5-13/h1-12H,(H2,18,21)/b11-8+,19-12+. The maximum absolute atomic E-state index is 11.7. The van der Waals surface area contributed by atoms with Crippen molar-refractivity contribution in [1.29, 1.82) is 0 Å². The van der Waals surface area contributed by atoms with Crippen LogP contribution in [0.25, 0.3) is 6.08 Å². The zero-order valence-electron chi connectivity index (χ0n) is 11.7. The van der Waals surface area contributed by atoms with Crippen LogP contribution in [-0.4, -0.2) is 18.2 Å². The van der Waals surface area contributed by atoms with Crippen molar-refractivity contribution in [3.05, 3.63) is 71.8 Å². The third kappa shape index (κ3) is 5.05. The van der Waals surface area contributed by atoms with Gasteiger partial charge < -0.3 is 10.5 Å². The minimum atomic E-state index is -0.762. The normalized spacial score (nSPS) is 10.9. The molecule has 110 valence electrons. The molecule has 2 rings (SSSR count). The van der Waals surface area contributed by atoms with Crippen LogP contribution >= 0.6 is 0 Å². The monoisotopic (exact) mass is 294 g/mol. The number of ether oxygens (including phenoxy) is 1. The summed E-state index contributed by atoms with van der Waals surface area (Å²) in [6.07, 6.45) is 4.37. The summed E-state index contributed by atoms with van der Waals surface area (Å²) in [6, 6.07) is 15.2. The summed E-state index contributed by atoms with van der Waals surface area (Å²) < 4.78 is 5.15. The van der Waals surface area contributed by atoms with Crippen molar-refractivity contribution in [3.63, 3.8) is 0 Å². The van der Waals surface area contributed by atoms with Crippen LogP contribution < -0.4 is 10.5 Å². The van der Waals surface area contributed by atoms with E-state index >= 15 is 0 Å². The van der Waals surface area contributed by atoms with Crippen LogP contribution in [0.5, 0.6) is 5.75 Å². The Hall–Kier alpha value is -3.21. The summed E-state index contributed by atoms with van der Waals surface area (Å²) >= 11 is 0. The van der Waals surface area contributed by atoms with E-state index in [4.69, 9.17) is 10.5 Å². The van der Waals surface area contributed by atoms with Gasteiger partial charge >= 0.3 is 12.0 Å². The molecule has 5 nitrogen and oxygen atoms in total. The predicted octanol–water partition coefficient (Wildman–Crippen LogP) is 2.80. The number of rotatable bonds is 4. The fourth-order valence-electron chi connectivity index (χ4n) is 1.64. The Labute approximate surface area is 127 Å². The molecule has 0 spiro atoms. The second-order valence-electron chi connectivity index (χ2n) is 4.33. The largest absolute Gasteiger partial charge is 0.423 e. The summed E-state index contributed by atoms with van der Waals surface area (Å²) in [5, 5.41) is 0. The molecule has 5 heteroatoms. The van der Waals surface area contributed by atoms with Crippen molar-refractivity contribution in [1.82, 2.24) is 0 Å². The van der Waals surface area contributed by atoms with E-state index in [-0.39, 0.29) is 0 Å². The Bertz CT molecular complexity index is 704. The summed E-state index contributed by atoms with van der Waals surface area (Å²) in [5.41, 5.74) is 6.50. The lowest BCUT2D eigenvalue weighted by Gasteiger charge is -2.01. The maximum atomic E-state index is 11.7. The molecule has 2 N–H and O–H groups in total. The average Bonchev–Trinajstić information content (AvgIpc) is 2.53. The van der Waals surface area contributed by atoms with Gasteiger partial charge in [0.25, 0.3) is 0 Å². The smallest absolute Gasteiger partial charge is 0.338 e. The van der Waals surface area contributed by atoms with Gasteiger partial charge in [-0.3, -0.25) is 0 Å². The van der Waals surface area contributed by atoms with E-state index in [0.29, 0.717) is 11.3 Å². The molecule has 0 atom stereocenters. The predicted molar refractivity (Wildman–Crippen MR) is 84.7 cm³/mol. The summed E-state index contributed by atoms with van der Waals surface area (Å²) in [4.78, 5) is 25.7. The molecule has 2 aromatic rings. The Morgan fingerprint density at radius 1 is 0.955 bits per heavy atom. The number of hydrogen-bond acceptors (Lipinski definition) is 3. The quantitative estimate of drug-likeness (QED) is 0.407. The fraction of sp³-hybridized carbons (Fsp3) is 0. The fourth-order valence-corrected chi connectivity index (χ4v) is 1.64. The van der Waals surface area contributed by atoms with Crippen LogP contribution in [0, 0.1) is 0 Å². The molecular weight excluding hydrogens is 280 g/mol. The molecule has 0 radical (unpaired) electrons. The van der Waals surface area contributed by atoms with Crippen LogP contribution in [0.4, 0.5) is 4.79 Å². The molecule has 0 unspecified atom stereocenters. The van der Waals surface area contributed by atoms with Crippen molar-refractivity contribution in [2.24, 2.45) is 10.7 Å². The number of carbonyl (C=O) groups is 2. The topological polar surface area (TPSA) is 81.8 Å². The van der Waals surface area contributed by atoms with Gasteiger partial charge in [0, 0.05) is 12.3 Å². The van der Waals surface area contributed by atoms with Crippen molar-refractivity contribution in [2.75, 3.05) is 0 Å². The first-order chi connectivity index (χ1) is 10.6. The lowest BCUT2D eigenvalue weighted by molar-refractivity contribution is -0.128. The number of benzene rings is 2. The number of aliphatic imine (C=N–C) groups is 1. The number of carbonyl (C=O) groups excluding carboxylic acids is 2. The van der Waals surface area contributed by atoms with E-state index < -0.39 is 12.0 Å². The van der Waals surface area contributed by atoms with Crippen molar-refractivity contribution >= 4 is 24.3 Å². The molecule has 0 aromatic heterocycles. The molecule has 0 aliphatic heterocycles. The van der Waals surface area contributed by atoms with Gasteiger partial charge in [-0.05, 0) is 41.5 Å². The number of urea groups is 1. The highest BCUT2D eigenvalue weighted by Crippen LogP contribution is 2.12. The average molecular weight is 294 g/mol. The zero-order chi connectivity index (χ0) is 15.8. The Kier molecular flexibility index (Phi) is 5.20. The highest BCUT2D eigenvalue weighted by Gasteiger charge is 2.00. The van der Waals surface area contributed by atoms with Crippen molar-refractivity contribution < 1.29 is 14.3 Å². The third-order valence-corrected chi connectivity index (χ3v) is 2.65. The SMILES string of the molecule is NC(=O)/N=C/c1ccc(OC(=O)/C=C/c2ccccc2)cc1. The van der Waals surface area contributed by atoms with Crippen LogP contribution in [0.15, 0.2) is 65.7 Å². The molecule has 0 bridgehead atoms. The third-order valence-electron chi connectivity index (χ3n) is 2.65. The Morgan fingerprint density at radius 3 is 2.27 bits per heavy atom. The van der Waals surface area contributed by atoms with Crippen LogP contribution in [-0.2, 0) is 4.79 Å². The number of esters is 1. The zero-order valence-corrected chi connectivity index (χ0v) is 11.7. The summed E-state index contributed by atoms with van der Waals surface area (Å²) in [5.74, 6) is -0.0682. The first kappa shape index (κ1) is 15.2. The molecule has 0 heterocycles. The number of nitrogens with zero attached hydrogens (tertiary/aromatic N) is 1. The minimum Gasteiger partial charge on any atom is -0.423 e. The van der Waals surface area contributed by atoms with E-state index in [1.807, 2.05) is 30.3 Å². The lowest BCUT2D eigenvalue weighted by atomic mass is 10.2. The van der Waals surface area contributed by atoms with Crippen LogP contribution in [0.3, 0.4) is 0 Å². The van der Waals surface area contributed by atoms with Gasteiger partial charge in [-0.2, -0.15) is 0 Å². The van der Waals surface area contributed by atoms with Gasteiger partial charge in [0.05, 0.1) is 0 Å². The van der Waals surface area contributed by atoms with Crippen molar-refractivity contribution in [2.45, 2.75) is 0 Å². The number of amides is 2. The molecule has 0 saturated heterocycles. The first-order valence-electron chi connectivity index (χ1n) is 6.52. The van der Waals surface area contributed by atoms with E-state index in [0.717, 1.165) is 5.56 Å². The molecule has 0 saturated carbocycles. The molecular formula is C17H14N2O3. The molecule has 22 heavy (non-hydrogen) atoms. The number of hydrogen-bond donors (Lipinski definition) is 1. The van der Waals surface area contributed by atoms with E-state index in [9.17, 15) is 9.59 Å². The molecule has 0 aliphatic carbocycles. The van der Waals surface area contributed by atoms with Crippen LogP contribution in [0.1, 0.15) is 11.1 Å². The minimum absolute atomic E-state index is 0.402. The molecule has 0 fully saturated rings. The summed E-state index contributed by atoms with van der Waals surface area (Å²) in [6.45, 7) is 0. The molecule has 2 aromatic carbocycles. The number of nitrogens with two attached hydrogens (primary N) is 1. The first-order valence-corrected chi connectivity index (χ1v) is 6.52.